The van der Waals surface area contributed by atoms with Crippen LogP contribution in [0.3, 0.4) is 0 Å². The minimum absolute atomic E-state index is 0.163. The topological polar surface area (TPSA) is 69.2 Å². The molecule has 1 N–H and O–H groups in total. The highest BCUT2D eigenvalue weighted by atomic mass is 16.5. The van der Waals surface area contributed by atoms with Gasteiger partial charge in [0.1, 0.15) is 12.4 Å². The quantitative estimate of drug-likeness (QED) is 0.438. The molecule has 0 unspecified atom stereocenters. The summed E-state index contributed by atoms with van der Waals surface area (Å²) in [5.74, 6) is 0.388. The summed E-state index contributed by atoms with van der Waals surface area (Å²) < 4.78 is 16.0. The first-order valence-corrected chi connectivity index (χ1v) is 8.92. The summed E-state index contributed by atoms with van der Waals surface area (Å²) in [7, 11) is 1.58. The van der Waals surface area contributed by atoms with E-state index >= 15 is 0 Å². The largest absolute Gasteiger partial charge is 0.497 e. The third kappa shape index (κ3) is 6.75. The highest BCUT2D eigenvalue weighted by molar-refractivity contribution is 6.04. The Morgan fingerprint density at radius 2 is 1.78 bits per heavy atom. The van der Waals surface area contributed by atoms with Crippen LogP contribution in [0.4, 0.5) is 0 Å². The average molecular weight is 370 g/mol. The minimum atomic E-state index is -0.298. The molecule has 0 aliphatic carbocycles. The molecule has 0 aliphatic rings. The first kappa shape index (κ1) is 20.5. The molecule has 0 spiro atoms. The van der Waals surface area contributed by atoms with Gasteiger partial charge in [0.05, 0.1) is 19.8 Å². The van der Waals surface area contributed by atoms with E-state index in [1.54, 1.807) is 31.4 Å². The zero-order chi connectivity index (χ0) is 19.5. The molecule has 2 aromatic rings. The lowest BCUT2D eigenvalue weighted by Gasteiger charge is -2.14. The SMILES string of the molecule is CCOCCOC(=N[C@@H](C)c1ccccc1)NC(=O)c1ccc(OC)cc1. The molecule has 0 bridgehead atoms. The van der Waals surface area contributed by atoms with Gasteiger partial charge in [-0.15, -0.1) is 0 Å². The van der Waals surface area contributed by atoms with Crippen molar-refractivity contribution in [1.29, 1.82) is 0 Å². The smallest absolute Gasteiger partial charge is 0.292 e. The molecule has 0 saturated carbocycles. The van der Waals surface area contributed by atoms with E-state index in [-0.39, 0.29) is 18.0 Å². The van der Waals surface area contributed by atoms with Crippen LogP contribution in [0.1, 0.15) is 35.8 Å². The van der Waals surface area contributed by atoms with Gasteiger partial charge in [-0.2, -0.15) is 0 Å². The van der Waals surface area contributed by atoms with Gasteiger partial charge in [0.15, 0.2) is 0 Å². The van der Waals surface area contributed by atoms with Gasteiger partial charge < -0.3 is 14.2 Å². The van der Waals surface area contributed by atoms with Crippen LogP contribution in [0.5, 0.6) is 5.75 Å². The molecule has 6 heteroatoms. The number of ether oxygens (including phenoxy) is 3. The van der Waals surface area contributed by atoms with E-state index < -0.39 is 0 Å². The average Bonchev–Trinajstić information content (AvgIpc) is 2.71. The fourth-order valence-electron chi connectivity index (χ4n) is 2.34. The molecule has 144 valence electrons. The Hall–Kier alpha value is -2.86. The van der Waals surface area contributed by atoms with Crippen LogP contribution in [0, 0.1) is 0 Å². The number of rotatable bonds is 8. The van der Waals surface area contributed by atoms with Crippen LogP contribution in [0.15, 0.2) is 59.6 Å². The molecule has 0 fully saturated rings. The molecule has 0 heterocycles. The molecule has 1 atom stereocenters. The van der Waals surface area contributed by atoms with Gasteiger partial charge in [-0.05, 0) is 43.7 Å². The van der Waals surface area contributed by atoms with Gasteiger partial charge >= 0.3 is 0 Å². The summed E-state index contributed by atoms with van der Waals surface area (Å²) in [4.78, 5) is 17.0. The maximum absolute atomic E-state index is 12.5. The minimum Gasteiger partial charge on any atom is -0.497 e. The van der Waals surface area contributed by atoms with Crippen molar-refractivity contribution in [3.63, 3.8) is 0 Å². The van der Waals surface area contributed by atoms with Crippen LogP contribution in [-0.2, 0) is 9.47 Å². The Labute approximate surface area is 160 Å². The summed E-state index contributed by atoms with van der Waals surface area (Å²) in [5, 5.41) is 2.74. The number of carbonyl (C=O) groups is 1. The van der Waals surface area contributed by atoms with Crippen LogP contribution < -0.4 is 10.1 Å². The third-order valence-corrected chi connectivity index (χ3v) is 3.84. The van der Waals surface area contributed by atoms with Gasteiger partial charge in [-0.3, -0.25) is 10.1 Å². The summed E-state index contributed by atoms with van der Waals surface area (Å²) in [6.45, 7) is 5.19. The van der Waals surface area contributed by atoms with E-state index in [2.05, 4.69) is 10.3 Å². The van der Waals surface area contributed by atoms with Crippen LogP contribution >= 0.6 is 0 Å². The summed E-state index contributed by atoms with van der Waals surface area (Å²) >= 11 is 0. The molecule has 1 amide bonds. The van der Waals surface area contributed by atoms with Crippen molar-refractivity contribution < 1.29 is 19.0 Å². The van der Waals surface area contributed by atoms with Crippen LogP contribution in [0.2, 0.25) is 0 Å². The fraction of sp³-hybridized carbons (Fsp3) is 0.333. The standard InChI is InChI=1S/C21H26N2O4/c1-4-26-14-15-27-21(22-16(2)17-8-6-5-7-9-17)23-20(24)18-10-12-19(25-3)13-11-18/h5-13,16H,4,14-15H2,1-3H3,(H,22,23,24)/t16-/m0/s1. The molecule has 2 rings (SSSR count). The normalized spacial score (nSPS) is 12.3. The zero-order valence-corrected chi connectivity index (χ0v) is 16.0. The number of hydrogen-bond acceptors (Lipinski definition) is 5. The molecule has 0 saturated heterocycles. The van der Waals surface area contributed by atoms with E-state index in [1.807, 2.05) is 44.2 Å². The predicted octanol–water partition coefficient (Wildman–Crippen LogP) is 3.60. The lowest BCUT2D eigenvalue weighted by Crippen LogP contribution is -2.33. The van der Waals surface area contributed by atoms with Gasteiger partial charge in [0.2, 0.25) is 0 Å². The van der Waals surface area contributed by atoms with Crippen molar-refractivity contribution in [3.05, 3.63) is 65.7 Å². The maximum Gasteiger partial charge on any atom is 0.292 e. The molecule has 6 nitrogen and oxygen atoms in total. The van der Waals surface area contributed by atoms with Crippen LogP contribution in [-0.4, -0.2) is 38.9 Å². The molecule has 0 aromatic heterocycles. The van der Waals surface area contributed by atoms with Gasteiger partial charge in [0.25, 0.3) is 11.9 Å². The number of aliphatic imine (C=N–C) groups is 1. The van der Waals surface area contributed by atoms with Crippen LogP contribution in [0.25, 0.3) is 0 Å². The lowest BCUT2D eigenvalue weighted by atomic mass is 10.1. The van der Waals surface area contributed by atoms with Gasteiger partial charge in [-0.1, -0.05) is 30.3 Å². The second-order valence-electron chi connectivity index (χ2n) is 5.75. The van der Waals surface area contributed by atoms with Gasteiger partial charge in [0, 0.05) is 12.2 Å². The second kappa shape index (κ2) is 11.0. The Kier molecular flexibility index (Phi) is 8.32. The molecular formula is C21H26N2O4. The number of nitrogens with zero attached hydrogens (tertiary/aromatic N) is 1. The second-order valence-corrected chi connectivity index (χ2v) is 5.75. The zero-order valence-electron chi connectivity index (χ0n) is 16.0. The lowest BCUT2D eigenvalue weighted by molar-refractivity contribution is 0.0921. The van der Waals surface area contributed by atoms with Crippen molar-refractivity contribution >= 4 is 11.9 Å². The Bertz CT molecular complexity index is 730. The first-order chi connectivity index (χ1) is 13.1. The number of amides is 1. The van der Waals surface area contributed by atoms with E-state index in [0.717, 1.165) is 5.56 Å². The Morgan fingerprint density at radius 3 is 2.41 bits per heavy atom. The number of hydrogen-bond donors (Lipinski definition) is 1. The number of benzene rings is 2. The summed E-state index contributed by atoms with van der Waals surface area (Å²) in [6, 6.07) is 16.7. The molecule has 0 radical (unpaired) electrons. The Morgan fingerprint density at radius 1 is 1.07 bits per heavy atom. The van der Waals surface area contributed by atoms with Crippen molar-refractivity contribution in [1.82, 2.24) is 5.32 Å². The Balaban J connectivity index is 2.10. The van der Waals surface area contributed by atoms with Crippen molar-refractivity contribution in [2.24, 2.45) is 4.99 Å². The van der Waals surface area contributed by atoms with E-state index in [4.69, 9.17) is 14.2 Å². The predicted molar refractivity (Wildman–Crippen MR) is 105 cm³/mol. The summed E-state index contributed by atoms with van der Waals surface area (Å²) in [5.41, 5.74) is 1.52. The van der Waals surface area contributed by atoms with Crippen molar-refractivity contribution in [3.8, 4) is 5.75 Å². The maximum atomic E-state index is 12.5. The monoisotopic (exact) mass is 370 g/mol. The molecule has 0 aliphatic heterocycles. The highest BCUT2D eigenvalue weighted by Crippen LogP contribution is 2.16. The van der Waals surface area contributed by atoms with Gasteiger partial charge in [-0.25, -0.2) is 4.99 Å². The number of nitrogens with one attached hydrogen (secondary N) is 1. The van der Waals surface area contributed by atoms with Crippen molar-refractivity contribution in [2.75, 3.05) is 26.9 Å². The first-order valence-electron chi connectivity index (χ1n) is 8.92. The molecule has 27 heavy (non-hydrogen) atoms. The number of carbonyl (C=O) groups excluding carboxylic acids is 1. The summed E-state index contributed by atoms with van der Waals surface area (Å²) in [6.07, 6.45) is 0. The number of methoxy groups -OCH3 is 1. The third-order valence-electron chi connectivity index (χ3n) is 3.84. The fourth-order valence-corrected chi connectivity index (χ4v) is 2.34. The van der Waals surface area contributed by atoms with E-state index in [0.29, 0.717) is 31.1 Å². The molecule has 2 aromatic carbocycles. The highest BCUT2D eigenvalue weighted by Gasteiger charge is 2.13. The number of amidine groups is 1. The molecular weight excluding hydrogens is 344 g/mol. The van der Waals surface area contributed by atoms with E-state index in [1.165, 1.54) is 0 Å². The van der Waals surface area contributed by atoms with Crippen molar-refractivity contribution in [2.45, 2.75) is 19.9 Å². The van der Waals surface area contributed by atoms with E-state index in [9.17, 15) is 4.79 Å².